The van der Waals surface area contributed by atoms with E-state index in [2.05, 4.69) is 49.2 Å². The van der Waals surface area contributed by atoms with Crippen molar-refractivity contribution in [1.82, 2.24) is 24.9 Å². The number of fused-ring (bicyclic) bond motifs is 1. The number of aryl methyl sites for hydroxylation is 2. The van der Waals surface area contributed by atoms with E-state index in [4.69, 9.17) is 4.74 Å². The zero-order valence-corrected chi connectivity index (χ0v) is 20.2. The summed E-state index contributed by atoms with van der Waals surface area (Å²) >= 11 is 1.41. The zero-order chi connectivity index (χ0) is 24.2. The molecule has 0 N–H and O–H groups in total. The maximum absolute atomic E-state index is 9.85. The number of ether oxygens (including phenoxy) is 1. The molecule has 0 aliphatic rings. The number of benzene rings is 1. The molecular weight excluding hydrogens is 456 g/mol. The molecule has 1 unspecified atom stereocenters. The quantitative estimate of drug-likeness (QED) is 0.312. The molecule has 172 valence electrons. The Bertz CT molecular complexity index is 1510. The summed E-state index contributed by atoms with van der Waals surface area (Å²) < 4.78 is 5.84. The zero-order valence-electron chi connectivity index (χ0n) is 19.3. The first-order chi connectivity index (χ1) is 17.1. The fourth-order valence-electron chi connectivity index (χ4n) is 3.62. The summed E-state index contributed by atoms with van der Waals surface area (Å²) in [6.45, 7) is 4.25. The van der Waals surface area contributed by atoms with Gasteiger partial charge >= 0.3 is 6.01 Å². The van der Waals surface area contributed by atoms with E-state index in [-0.39, 0.29) is 6.01 Å². The lowest BCUT2D eigenvalue weighted by Crippen LogP contribution is -2.05. The number of pyridine rings is 2. The molecule has 4 aromatic heterocycles. The normalized spacial score (nSPS) is 11.8. The Morgan fingerprint density at radius 2 is 1.63 bits per heavy atom. The molecule has 5 rings (SSSR count). The van der Waals surface area contributed by atoms with Crippen molar-refractivity contribution in [3.8, 4) is 12.1 Å². The van der Waals surface area contributed by atoms with Crippen molar-refractivity contribution < 1.29 is 4.74 Å². The maximum atomic E-state index is 9.85. The predicted molar refractivity (Wildman–Crippen MR) is 134 cm³/mol. The van der Waals surface area contributed by atoms with Gasteiger partial charge in [-0.3, -0.25) is 4.98 Å². The van der Waals surface area contributed by atoms with Gasteiger partial charge in [0.1, 0.15) is 27.9 Å². The number of nitriles is 1. The van der Waals surface area contributed by atoms with Crippen LogP contribution in [0, 0.1) is 25.2 Å². The second-order valence-corrected chi connectivity index (χ2v) is 9.25. The van der Waals surface area contributed by atoms with Crippen molar-refractivity contribution >= 4 is 21.7 Å². The largest absolute Gasteiger partial charge is 0.459 e. The molecule has 0 aliphatic carbocycles. The van der Waals surface area contributed by atoms with E-state index in [0.29, 0.717) is 17.3 Å². The predicted octanol–water partition coefficient (Wildman–Crippen LogP) is 5.32. The molecule has 0 amide bonds. The molecule has 1 aromatic carbocycles. The van der Waals surface area contributed by atoms with Crippen LogP contribution in [-0.2, 0) is 13.0 Å². The van der Waals surface area contributed by atoms with Crippen molar-refractivity contribution in [2.75, 3.05) is 0 Å². The van der Waals surface area contributed by atoms with Crippen LogP contribution in [-0.4, -0.2) is 24.9 Å². The summed E-state index contributed by atoms with van der Waals surface area (Å²) in [5.74, 6) is -0.615. The van der Waals surface area contributed by atoms with Gasteiger partial charge in [-0.15, -0.1) is 0 Å². The van der Waals surface area contributed by atoms with Crippen molar-refractivity contribution in [3.05, 3.63) is 106 Å². The fraction of sp³-hybridized carbons (Fsp3) is 0.185. The summed E-state index contributed by atoms with van der Waals surface area (Å²) in [5, 5.41) is 10.5. The Morgan fingerprint density at radius 3 is 2.40 bits per heavy atom. The second kappa shape index (κ2) is 9.95. The first-order valence-electron chi connectivity index (χ1n) is 11.2. The molecule has 1 atom stereocenters. The number of hydrogen-bond acceptors (Lipinski definition) is 8. The van der Waals surface area contributed by atoms with E-state index in [0.717, 1.165) is 33.7 Å². The molecule has 0 saturated carbocycles. The SMILES string of the molecule is Cc1ccc(Cc2ccc(COc3nccc(C(C#N)c4nc5ccc(C)nc5s4)n3)cc2)cn1. The minimum absolute atomic E-state index is 0.229. The van der Waals surface area contributed by atoms with Crippen LogP contribution in [0.4, 0.5) is 0 Å². The lowest BCUT2D eigenvalue weighted by Gasteiger charge is -2.09. The van der Waals surface area contributed by atoms with Gasteiger partial charge in [-0.2, -0.15) is 10.2 Å². The van der Waals surface area contributed by atoms with E-state index in [9.17, 15) is 5.26 Å². The topological polar surface area (TPSA) is 97.5 Å². The van der Waals surface area contributed by atoms with Crippen molar-refractivity contribution in [3.63, 3.8) is 0 Å². The van der Waals surface area contributed by atoms with Gasteiger partial charge in [-0.25, -0.2) is 15.0 Å². The van der Waals surface area contributed by atoms with E-state index in [1.165, 1.54) is 22.5 Å². The minimum Gasteiger partial charge on any atom is -0.459 e. The van der Waals surface area contributed by atoms with Crippen LogP contribution >= 0.6 is 11.3 Å². The van der Waals surface area contributed by atoms with Gasteiger partial charge in [0.2, 0.25) is 0 Å². The molecule has 5 aromatic rings. The van der Waals surface area contributed by atoms with Crippen molar-refractivity contribution in [2.24, 2.45) is 0 Å². The highest BCUT2D eigenvalue weighted by atomic mass is 32.1. The van der Waals surface area contributed by atoms with Crippen LogP contribution in [0.15, 0.2) is 67.0 Å². The lowest BCUT2D eigenvalue weighted by atomic mass is 10.0. The van der Waals surface area contributed by atoms with Crippen LogP contribution in [0.25, 0.3) is 10.3 Å². The number of aromatic nitrogens is 5. The Morgan fingerprint density at radius 1 is 0.857 bits per heavy atom. The Labute approximate surface area is 207 Å². The van der Waals surface area contributed by atoms with Gasteiger partial charge in [0.15, 0.2) is 0 Å². The third kappa shape index (κ3) is 5.31. The first-order valence-corrected chi connectivity index (χ1v) is 12.0. The maximum Gasteiger partial charge on any atom is 0.316 e. The summed E-state index contributed by atoms with van der Waals surface area (Å²) in [6.07, 6.45) is 4.35. The third-order valence-electron chi connectivity index (χ3n) is 5.51. The summed E-state index contributed by atoms with van der Waals surface area (Å²) in [5.41, 5.74) is 6.65. The molecule has 8 heteroatoms. The molecule has 7 nitrogen and oxygen atoms in total. The molecule has 0 bridgehead atoms. The van der Waals surface area contributed by atoms with Crippen LogP contribution in [0.1, 0.15) is 44.7 Å². The van der Waals surface area contributed by atoms with Crippen molar-refractivity contribution in [1.29, 1.82) is 5.26 Å². The Kier molecular flexibility index (Phi) is 6.42. The molecule has 0 saturated heterocycles. The number of nitrogens with zero attached hydrogens (tertiary/aromatic N) is 6. The van der Waals surface area contributed by atoms with Crippen LogP contribution in [0.3, 0.4) is 0 Å². The molecular formula is C27H22N6OS. The Balaban J connectivity index is 1.26. The molecule has 0 radical (unpaired) electrons. The number of rotatable bonds is 7. The highest BCUT2D eigenvalue weighted by Crippen LogP contribution is 2.30. The smallest absolute Gasteiger partial charge is 0.316 e. The summed E-state index contributed by atoms with van der Waals surface area (Å²) in [4.78, 5) is 23.0. The second-order valence-electron chi connectivity index (χ2n) is 8.24. The van der Waals surface area contributed by atoms with E-state index >= 15 is 0 Å². The number of thiazole rings is 1. The van der Waals surface area contributed by atoms with Gasteiger partial charge in [-0.1, -0.05) is 41.7 Å². The molecule has 0 aliphatic heterocycles. The highest BCUT2D eigenvalue weighted by Gasteiger charge is 2.21. The third-order valence-corrected chi connectivity index (χ3v) is 6.54. The van der Waals surface area contributed by atoms with Gasteiger partial charge in [-0.05, 0) is 61.2 Å². The van der Waals surface area contributed by atoms with Gasteiger partial charge in [0.25, 0.3) is 0 Å². The summed E-state index contributed by atoms with van der Waals surface area (Å²) in [6, 6.07) is 20.5. The highest BCUT2D eigenvalue weighted by molar-refractivity contribution is 7.18. The Hall–Kier alpha value is -4.22. The van der Waals surface area contributed by atoms with Crippen molar-refractivity contribution in [2.45, 2.75) is 32.8 Å². The van der Waals surface area contributed by atoms with E-state index in [1.807, 2.05) is 50.4 Å². The molecule has 0 spiro atoms. The first kappa shape index (κ1) is 22.6. The summed E-state index contributed by atoms with van der Waals surface area (Å²) in [7, 11) is 0. The lowest BCUT2D eigenvalue weighted by molar-refractivity contribution is 0.279. The monoisotopic (exact) mass is 478 g/mol. The number of hydrogen-bond donors (Lipinski definition) is 0. The molecule has 4 heterocycles. The van der Waals surface area contributed by atoms with E-state index in [1.54, 1.807) is 12.3 Å². The average Bonchev–Trinajstić information content (AvgIpc) is 3.28. The molecule has 35 heavy (non-hydrogen) atoms. The van der Waals surface area contributed by atoms with E-state index < -0.39 is 5.92 Å². The van der Waals surface area contributed by atoms with Gasteiger partial charge in [0.05, 0.1) is 11.8 Å². The minimum atomic E-state index is -0.615. The van der Waals surface area contributed by atoms with Crippen LogP contribution < -0.4 is 4.74 Å². The van der Waals surface area contributed by atoms with Gasteiger partial charge < -0.3 is 4.74 Å². The molecule has 0 fully saturated rings. The standard InChI is InChI=1S/C27H22N6OS/c1-17-3-5-21(15-30-17)13-19-6-8-20(9-7-19)16-34-27-29-12-11-23(33-27)22(14-28)25-32-24-10-4-18(2)31-26(24)35-25/h3-12,15,22H,13,16H2,1-2H3. The van der Waals surface area contributed by atoms with Crippen LogP contribution in [0.2, 0.25) is 0 Å². The van der Waals surface area contributed by atoms with Crippen LogP contribution in [0.5, 0.6) is 6.01 Å². The average molecular weight is 479 g/mol. The van der Waals surface area contributed by atoms with Gasteiger partial charge in [0, 0.05) is 23.8 Å². The fourth-order valence-corrected chi connectivity index (χ4v) is 4.66.